The number of carbonyl (C=O) groups is 2. The number of anilines is 1. The van der Waals surface area contributed by atoms with Crippen molar-refractivity contribution in [3.05, 3.63) is 88.9 Å². The first kappa shape index (κ1) is 31.0. The maximum Gasteiger partial charge on any atom is 0.264 e. The lowest BCUT2D eigenvalue weighted by Crippen LogP contribution is -2.52. The fourth-order valence-corrected chi connectivity index (χ4v) is 5.49. The van der Waals surface area contributed by atoms with Crippen molar-refractivity contribution in [2.45, 2.75) is 57.6 Å². The van der Waals surface area contributed by atoms with E-state index in [1.165, 1.54) is 29.2 Å². The first-order chi connectivity index (χ1) is 19.0. The maximum absolute atomic E-state index is 13.9. The van der Waals surface area contributed by atoms with Crippen LogP contribution in [-0.4, -0.2) is 50.9 Å². The molecule has 0 unspecified atom stereocenters. The zero-order valence-corrected chi connectivity index (χ0v) is 25.0. The molecule has 0 saturated carbocycles. The number of nitrogens with one attached hydrogen (secondary N) is 1. The Morgan fingerprint density at radius 2 is 1.55 bits per heavy atom. The van der Waals surface area contributed by atoms with Crippen molar-refractivity contribution in [2.75, 3.05) is 18.0 Å². The van der Waals surface area contributed by atoms with Crippen LogP contribution in [0.2, 0.25) is 5.02 Å². The summed E-state index contributed by atoms with van der Waals surface area (Å²) in [6.07, 6.45) is 0.728. The fraction of sp³-hybridized carbons (Fsp3) is 0.333. The van der Waals surface area contributed by atoms with E-state index < -0.39 is 28.5 Å². The second-order valence-corrected chi connectivity index (χ2v) is 12.0. The van der Waals surface area contributed by atoms with Gasteiger partial charge in [0, 0.05) is 17.6 Å². The molecule has 1 N–H and O–H groups in total. The quantitative estimate of drug-likeness (QED) is 0.316. The van der Waals surface area contributed by atoms with E-state index in [9.17, 15) is 18.0 Å². The number of hydrogen-bond donors (Lipinski definition) is 1. The molecule has 3 aromatic carbocycles. The number of methoxy groups -OCH3 is 1. The van der Waals surface area contributed by atoms with Gasteiger partial charge in [-0.25, -0.2) is 8.42 Å². The molecule has 3 aromatic rings. The van der Waals surface area contributed by atoms with E-state index in [1.54, 1.807) is 62.6 Å². The number of aryl methyl sites for hydroxylation is 1. The SMILES string of the molecule is CC[C@@H](C)NC(=O)[C@@H](C)N(Cc1ccc(OC)cc1)C(=O)CN(c1ccc(C)cc1)S(=O)(=O)c1ccc(Cl)cc1. The van der Waals surface area contributed by atoms with E-state index in [1.807, 2.05) is 20.8 Å². The molecule has 3 rings (SSSR count). The van der Waals surface area contributed by atoms with Crippen molar-refractivity contribution in [1.29, 1.82) is 0 Å². The van der Waals surface area contributed by atoms with E-state index in [4.69, 9.17) is 16.3 Å². The lowest BCUT2D eigenvalue weighted by Gasteiger charge is -2.32. The monoisotopic (exact) mass is 585 g/mol. The Kier molecular flexibility index (Phi) is 10.6. The minimum atomic E-state index is -4.15. The molecule has 0 radical (unpaired) electrons. The van der Waals surface area contributed by atoms with Gasteiger partial charge in [-0.05, 0) is 81.3 Å². The standard InChI is InChI=1S/C30H36ClN3O5S/c1-6-22(3)32-30(36)23(4)33(19-24-9-15-27(39-5)16-10-24)29(35)20-34(26-13-7-21(2)8-14-26)40(37,38)28-17-11-25(31)12-18-28/h7-18,22-23H,6,19-20H2,1-5H3,(H,32,36)/t22-,23-/m1/s1. The van der Waals surface area contributed by atoms with Gasteiger partial charge in [0.05, 0.1) is 17.7 Å². The van der Waals surface area contributed by atoms with Gasteiger partial charge in [0.1, 0.15) is 18.3 Å². The highest BCUT2D eigenvalue weighted by atomic mass is 35.5. The summed E-state index contributed by atoms with van der Waals surface area (Å²) in [6.45, 7) is 6.96. The minimum Gasteiger partial charge on any atom is -0.497 e. The molecule has 0 heterocycles. The maximum atomic E-state index is 13.9. The van der Waals surface area contributed by atoms with E-state index in [0.717, 1.165) is 21.9 Å². The van der Waals surface area contributed by atoms with Crippen molar-refractivity contribution in [2.24, 2.45) is 0 Å². The Morgan fingerprint density at radius 1 is 0.950 bits per heavy atom. The second-order valence-electron chi connectivity index (χ2n) is 9.66. The predicted molar refractivity (Wildman–Crippen MR) is 158 cm³/mol. The Hall–Kier alpha value is -3.56. The summed E-state index contributed by atoms with van der Waals surface area (Å²) < 4.78 is 33.9. The van der Waals surface area contributed by atoms with Gasteiger partial charge in [-0.15, -0.1) is 0 Å². The largest absolute Gasteiger partial charge is 0.497 e. The normalized spacial score (nSPS) is 12.8. The van der Waals surface area contributed by atoms with Crippen molar-refractivity contribution in [1.82, 2.24) is 10.2 Å². The van der Waals surface area contributed by atoms with Crippen molar-refractivity contribution in [3.8, 4) is 5.75 Å². The Labute approximate surface area is 241 Å². The third-order valence-corrected chi connectivity index (χ3v) is 8.72. The number of sulfonamides is 1. The van der Waals surface area contributed by atoms with E-state index in [0.29, 0.717) is 16.5 Å². The molecule has 214 valence electrons. The summed E-state index contributed by atoms with van der Waals surface area (Å²) in [5.74, 6) is -0.191. The van der Waals surface area contributed by atoms with Gasteiger partial charge in [-0.2, -0.15) is 0 Å². The molecule has 0 aliphatic heterocycles. The van der Waals surface area contributed by atoms with Gasteiger partial charge < -0.3 is 15.0 Å². The van der Waals surface area contributed by atoms with Crippen LogP contribution in [0.3, 0.4) is 0 Å². The average Bonchev–Trinajstić information content (AvgIpc) is 2.95. The third-order valence-electron chi connectivity index (χ3n) is 6.68. The molecule has 0 aliphatic rings. The Balaban J connectivity index is 2.01. The number of hydrogen-bond acceptors (Lipinski definition) is 5. The number of ether oxygens (including phenoxy) is 1. The van der Waals surface area contributed by atoms with Crippen LogP contribution < -0.4 is 14.4 Å². The third kappa shape index (κ3) is 7.76. The number of rotatable bonds is 12. The van der Waals surface area contributed by atoms with Crippen LogP contribution >= 0.6 is 11.6 Å². The van der Waals surface area contributed by atoms with Gasteiger partial charge in [-0.1, -0.05) is 48.4 Å². The van der Waals surface area contributed by atoms with E-state index >= 15 is 0 Å². The van der Waals surface area contributed by atoms with Crippen molar-refractivity contribution < 1.29 is 22.7 Å². The lowest BCUT2D eigenvalue weighted by atomic mass is 10.1. The molecule has 0 aromatic heterocycles. The molecule has 0 fully saturated rings. The molecule has 0 spiro atoms. The van der Waals surface area contributed by atoms with Crippen molar-refractivity contribution >= 4 is 39.1 Å². The number of amides is 2. The number of nitrogens with zero attached hydrogens (tertiary/aromatic N) is 2. The first-order valence-corrected chi connectivity index (χ1v) is 14.9. The van der Waals surface area contributed by atoms with Gasteiger partial charge in [-0.3, -0.25) is 13.9 Å². The van der Waals surface area contributed by atoms with Gasteiger partial charge >= 0.3 is 0 Å². The number of halogens is 1. The zero-order valence-electron chi connectivity index (χ0n) is 23.4. The molecule has 0 bridgehead atoms. The van der Waals surface area contributed by atoms with Crippen LogP contribution in [0.1, 0.15) is 38.3 Å². The summed E-state index contributed by atoms with van der Waals surface area (Å²) in [4.78, 5) is 28.5. The molecule has 0 saturated heterocycles. The Morgan fingerprint density at radius 3 is 2.10 bits per heavy atom. The van der Waals surface area contributed by atoms with Crippen LogP contribution in [0.15, 0.2) is 77.7 Å². The molecular weight excluding hydrogens is 550 g/mol. The fourth-order valence-electron chi connectivity index (χ4n) is 3.95. The Bertz CT molecular complexity index is 1390. The molecule has 40 heavy (non-hydrogen) atoms. The average molecular weight is 586 g/mol. The molecule has 0 aliphatic carbocycles. The summed E-state index contributed by atoms with van der Waals surface area (Å²) in [6, 6.07) is 18.9. The van der Waals surface area contributed by atoms with Crippen LogP contribution in [-0.2, 0) is 26.2 Å². The summed E-state index contributed by atoms with van der Waals surface area (Å²) in [5.41, 5.74) is 2.03. The van der Waals surface area contributed by atoms with E-state index in [-0.39, 0.29) is 23.4 Å². The second kappa shape index (κ2) is 13.7. The highest BCUT2D eigenvalue weighted by Gasteiger charge is 2.32. The van der Waals surface area contributed by atoms with Crippen molar-refractivity contribution in [3.63, 3.8) is 0 Å². The first-order valence-electron chi connectivity index (χ1n) is 13.0. The minimum absolute atomic E-state index is 0.00505. The van der Waals surface area contributed by atoms with Crippen LogP contribution in [0.25, 0.3) is 0 Å². The summed E-state index contributed by atoms with van der Waals surface area (Å²) in [5, 5.41) is 3.32. The zero-order chi connectivity index (χ0) is 29.4. The predicted octanol–water partition coefficient (Wildman–Crippen LogP) is 5.18. The highest BCUT2D eigenvalue weighted by molar-refractivity contribution is 7.92. The highest BCUT2D eigenvalue weighted by Crippen LogP contribution is 2.26. The van der Waals surface area contributed by atoms with Crippen LogP contribution in [0.5, 0.6) is 5.75 Å². The lowest BCUT2D eigenvalue weighted by molar-refractivity contribution is -0.139. The van der Waals surface area contributed by atoms with Gasteiger partial charge in [0.2, 0.25) is 11.8 Å². The number of benzene rings is 3. The molecular formula is C30H36ClN3O5S. The van der Waals surface area contributed by atoms with Gasteiger partial charge in [0.25, 0.3) is 10.0 Å². The van der Waals surface area contributed by atoms with E-state index in [2.05, 4.69) is 5.32 Å². The van der Waals surface area contributed by atoms with Gasteiger partial charge in [0.15, 0.2) is 0 Å². The summed E-state index contributed by atoms with van der Waals surface area (Å²) in [7, 11) is -2.59. The molecule has 10 heteroatoms. The summed E-state index contributed by atoms with van der Waals surface area (Å²) >= 11 is 5.99. The van der Waals surface area contributed by atoms with Crippen LogP contribution in [0, 0.1) is 6.92 Å². The molecule has 8 nitrogen and oxygen atoms in total. The number of carbonyl (C=O) groups excluding carboxylic acids is 2. The molecule has 2 atom stereocenters. The molecule has 2 amide bonds. The van der Waals surface area contributed by atoms with Crippen LogP contribution in [0.4, 0.5) is 5.69 Å². The topological polar surface area (TPSA) is 96.0 Å². The smallest absolute Gasteiger partial charge is 0.264 e.